The van der Waals surface area contributed by atoms with Gasteiger partial charge in [0.15, 0.2) is 0 Å². The van der Waals surface area contributed by atoms with Crippen molar-refractivity contribution >= 4 is 49.1 Å². The van der Waals surface area contributed by atoms with Gasteiger partial charge in [-0.15, -0.1) is 0 Å². The maximum absolute atomic E-state index is 12.6. The molecule has 3 N–H and O–H groups in total. The van der Waals surface area contributed by atoms with Crippen LogP contribution < -0.4 is 14.8 Å². The Morgan fingerprint density at radius 1 is 1.23 bits per heavy atom. The summed E-state index contributed by atoms with van der Waals surface area (Å²) in [6.45, 7) is 1.58. The van der Waals surface area contributed by atoms with E-state index in [1.165, 1.54) is 49.4 Å². The van der Waals surface area contributed by atoms with Gasteiger partial charge in [-0.25, -0.2) is 26.3 Å². The van der Waals surface area contributed by atoms with Crippen LogP contribution in [-0.2, 0) is 31.4 Å². The fourth-order valence-corrected chi connectivity index (χ4v) is 5.51. The number of benzene rings is 2. The van der Waals surface area contributed by atoms with Gasteiger partial charge in [0.05, 0.1) is 32.8 Å². The molecule has 30 heavy (non-hydrogen) atoms. The van der Waals surface area contributed by atoms with E-state index in [0.29, 0.717) is 9.87 Å². The molecule has 2 amide bonds. The van der Waals surface area contributed by atoms with Gasteiger partial charge in [0.25, 0.3) is 5.91 Å². The van der Waals surface area contributed by atoms with Crippen molar-refractivity contribution in [2.45, 2.75) is 18.4 Å². The Labute approximate surface area is 178 Å². The van der Waals surface area contributed by atoms with Crippen LogP contribution in [0.25, 0.3) is 0 Å². The van der Waals surface area contributed by atoms with Crippen LogP contribution in [-0.4, -0.2) is 34.4 Å². The number of amides is 2. The average molecular weight is 472 g/mol. The number of hydrogen-bond acceptors (Lipinski definition) is 6. The highest BCUT2D eigenvalue weighted by atomic mass is 35.5. The van der Waals surface area contributed by atoms with E-state index in [1.54, 1.807) is 0 Å². The second-order valence-corrected chi connectivity index (χ2v) is 10.6. The molecule has 2 aromatic carbocycles. The maximum atomic E-state index is 12.6. The molecule has 0 bridgehead atoms. The number of sulfonamides is 2. The van der Waals surface area contributed by atoms with Crippen LogP contribution in [0.15, 0.2) is 47.4 Å². The summed E-state index contributed by atoms with van der Waals surface area (Å²) in [5.41, 5.74) is 0.642. The zero-order valence-electron chi connectivity index (χ0n) is 15.7. The normalized spacial score (nSPS) is 18.4. The number of nitrogens with two attached hydrogens (primary N) is 1. The van der Waals surface area contributed by atoms with E-state index in [9.17, 15) is 26.4 Å². The average Bonchev–Trinajstić information content (AvgIpc) is 2.87. The van der Waals surface area contributed by atoms with Gasteiger partial charge < -0.3 is 5.32 Å². The van der Waals surface area contributed by atoms with Crippen LogP contribution >= 0.6 is 11.6 Å². The second kappa shape index (κ2) is 7.99. The van der Waals surface area contributed by atoms with Gasteiger partial charge in [-0.1, -0.05) is 30.7 Å². The van der Waals surface area contributed by atoms with Crippen molar-refractivity contribution in [2.75, 3.05) is 10.1 Å². The van der Waals surface area contributed by atoms with Crippen molar-refractivity contribution in [3.63, 3.8) is 0 Å². The Balaban J connectivity index is 1.80. The van der Waals surface area contributed by atoms with E-state index in [-0.39, 0.29) is 33.5 Å². The van der Waals surface area contributed by atoms with E-state index in [4.69, 9.17) is 16.7 Å². The smallest absolute Gasteiger partial charge is 0.253 e. The SMILES string of the molecule is CC1CS(=O)(=O)N(c2ccc(Cl)c(C(=O)NCc3ccc(S(N)(=O)=O)cc3)c2)C1=O. The number of hydrogen-bond donors (Lipinski definition) is 2. The first-order valence-corrected chi connectivity index (χ1v) is 12.2. The summed E-state index contributed by atoms with van der Waals surface area (Å²) < 4.78 is 47.8. The molecule has 3 rings (SSSR count). The number of nitrogens with zero attached hydrogens (tertiary/aromatic N) is 1. The third-order valence-corrected chi connectivity index (χ3v) is 7.62. The van der Waals surface area contributed by atoms with Crippen molar-refractivity contribution in [1.29, 1.82) is 0 Å². The predicted molar refractivity (Wildman–Crippen MR) is 111 cm³/mol. The number of nitrogens with one attached hydrogen (secondary N) is 1. The third-order valence-electron chi connectivity index (χ3n) is 4.49. The molecule has 1 fully saturated rings. The first-order chi connectivity index (χ1) is 13.9. The third kappa shape index (κ3) is 4.48. The number of primary sulfonamides is 1. The molecule has 0 saturated carbocycles. The van der Waals surface area contributed by atoms with E-state index in [0.717, 1.165) is 0 Å². The standard InChI is InChI=1S/C18H18ClN3O6S2/c1-11-10-29(25,26)22(18(11)24)13-4-7-16(19)15(8-13)17(23)21-9-12-2-5-14(6-3-12)30(20,27)28/h2-8,11H,9-10H2,1H3,(H,21,23)(H2,20,27,28). The monoisotopic (exact) mass is 471 g/mol. The summed E-state index contributed by atoms with van der Waals surface area (Å²) in [6.07, 6.45) is 0. The molecular weight excluding hydrogens is 454 g/mol. The minimum atomic E-state index is -3.82. The summed E-state index contributed by atoms with van der Waals surface area (Å²) in [7, 11) is -7.63. The van der Waals surface area contributed by atoms with Crippen molar-refractivity contribution < 1.29 is 26.4 Å². The molecule has 0 aliphatic carbocycles. The summed E-state index contributed by atoms with van der Waals surface area (Å²) >= 11 is 6.09. The lowest BCUT2D eigenvalue weighted by Gasteiger charge is -2.17. The number of halogens is 1. The predicted octanol–water partition coefficient (Wildman–Crippen LogP) is 1.23. The molecule has 1 atom stereocenters. The van der Waals surface area contributed by atoms with Crippen LogP contribution in [0.2, 0.25) is 5.02 Å². The van der Waals surface area contributed by atoms with Crippen LogP contribution in [0.5, 0.6) is 0 Å². The van der Waals surface area contributed by atoms with Crippen LogP contribution in [0.3, 0.4) is 0 Å². The minimum absolute atomic E-state index is 0.00197. The summed E-state index contributed by atoms with van der Waals surface area (Å²) in [6, 6.07) is 9.57. The number of carbonyl (C=O) groups excluding carboxylic acids is 2. The summed E-state index contributed by atoms with van der Waals surface area (Å²) in [4.78, 5) is 24.8. The van der Waals surface area contributed by atoms with Crippen molar-refractivity contribution in [1.82, 2.24) is 5.32 Å². The molecule has 12 heteroatoms. The molecule has 1 unspecified atom stereocenters. The highest BCUT2D eigenvalue weighted by molar-refractivity contribution is 7.94. The van der Waals surface area contributed by atoms with Gasteiger partial charge in [0, 0.05) is 6.54 Å². The zero-order valence-corrected chi connectivity index (χ0v) is 18.1. The number of carbonyl (C=O) groups is 2. The molecule has 1 aliphatic heterocycles. The van der Waals surface area contributed by atoms with Gasteiger partial charge in [0.2, 0.25) is 26.0 Å². The van der Waals surface area contributed by atoms with Gasteiger partial charge in [-0.3, -0.25) is 9.59 Å². The van der Waals surface area contributed by atoms with Gasteiger partial charge >= 0.3 is 0 Å². The van der Waals surface area contributed by atoms with Crippen LogP contribution in [0.4, 0.5) is 5.69 Å². The molecule has 0 aromatic heterocycles. The lowest BCUT2D eigenvalue weighted by molar-refractivity contribution is -0.119. The molecule has 1 heterocycles. The quantitative estimate of drug-likeness (QED) is 0.671. The summed E-state index contributed by atoms with van der Waals surface area (Å²) in [5, 5.41) is 7.74. The Bertz CT molecular complexity index is 1230. The highest BCUT2D eigenvalue weighted by Gasteiger charge is 2.42. The maximum Gasteiger partial charge on any atom is 0.253 e. The van der Waals surface area contributed by atoms with Crippen LogP contribution in [0.1, 0.15) is 22.8 Å². The second-order valence-electron chi connectivity index (χ2n) is 6.82. The molecular formula is C18H18ClN3O6S2. The van der Waals surface area contributed by atoms with E-state index in [1.807, 2.05) is 0 Å². The Kier molecular flexibility index (Phi) is 5.92. The van der Waals surface area contributed by atoms with Gasteiger partial charge in [-0.2, -0.15) is 0 Å². The first kappa shape index (κ1) is 22.2. The Morgan fingerprint density at radius 3 is 2.40 bits per heavy atom. The highest BCUT2D eigenvalue weighted by Crippen LogP contribution is 2.31. The van der Waals surface area contributed by atoms with Crippen molar-refractivity contribution in [2.24, 2.45) is 11.1 Å². The Hall–Kier alpha value is -2.47. The molecule has 9 nitrogen and oxygen atoms in total. The fraction of sp³-hybridized carbons (Fsp3) is 0.222. The lowest BCUT2D eigenvalue weighted by Crippen LogP contribution is -2.31. The topological polar surface area (TPSA) is 144 Å². The van der Waals surface area contributed by atoms with Crippen molar-refractivity contribution in [3.05, 3.63) is 58.6 Å². The molecule has 2 aromatic rings. The fourth-order valence-electron chi connectivity index (χ4n) is 2.97. The largest absolute Gasteiger partial charge is 0.348 e. The van der Waals surface area contributed by atoms with Crippen LogP contribution in [0, 0.1) is 5.92 Å². The minimum Gasteiger partial charge on any atom is -0.348 e. The Morgan fingerprint density at radius 2 is 1.87 bits per heavy atom. The van der Waals surface area contributed by atoms with E-state index < -0.39 is 37.8 Å². The number of anilines is 1. The summed E-state index contributed by atoms with van der Waals surface area (Å²) in [5.74, 6) is -2.14. The number of rotatable bonds is 5. The van der Waals surface area contributed by atoms with E-state index >= 15 is 0 Å². The van der Waals surface area contributed by atoms with Gasteiger partial charge in [-0.05, 0) is 35.9 Å². The molecule has 0 radical (unpaired) electrons. The molecule has 160 valence electrons. The molecule has 1 saturated heterocycles. The lowest BCUT2D eigenvalue weighted by atomic mass is 10.1. The molecule has 0 spiro atoms. The van der Waals surface area contributed by atoms with E-state index in [2.05, 4.69) is 5.32 Å². The zero-order chi connectivity index (χ0) is 22.3. The molecule has 1 aliphatic rings. The first-order valence-electron chi connectivity index (χ1n) is 8.66. The van der Waals surface area contributed by atoms with Crippen molar-refractivity contribution in [3.8, 4) is 0 Å². The van der Waals surface area contributed by atoms with Gasteiger partial charge in [0.1, 0.15) is 0 Å².